The number of likely N-dealkylation sites (N-methyl/N-ethyl adjacent to an activating group) is 1. The standard InChI is InChI=1S/C22H23ClN8/c1-30-8-10-31(11-9-30)18-6-4-16(5-7-18)27-22-24-14-19(23)21(28-22)26-17-3-2-15-13-25-29-20(15)12-17/h2-7,12-14H,8-11H2,1H3,(H,25,29)(H2,24,26,27,28). The number of fused-ring (bicyclic) bond motifs is 1. The number of rotatable bonds is 5. The Morgan fingerprint density at radius 1 is 0.935 bits per heavy atom. The summed E-state index contributed by atoms with van der Waals surface area (Å²) in [6.45, 7) is 4.26. The van der Waals surface area contributed by atoms with E-state index in [0.29, 0.717) is 16.8 Å². The Bertz CT molecular complexity index is 1180. The van der Waals surface area contributed by atoms with E-state index < -0.39 is 0 Å². The lowest BCUT2D eigenvalue weighted by molar-refractivity contribution is 0.313. The van der Waals surface area contributed by atoms with Crippen LogP contribution in [0.1, 0.15) is 0 Å². The van der Waals surface area contributed by atoms with Crippen molar-refractivity contribution in [2.45, 2.75) is 0 Å². The van der Waals surface area contributed by atoms with Crippen molar-refractivity contribution in [3.8, 4) is 0 Å². The molecule has 0 unspecified atom stereocenters. The number of halogens is 1. The van der Waals surface area contributed by atoms with Crippen molar-refractivity contribution in [2.75, 3.05) is 48.8 Å². The number of aromatic nitrogens is 4. The molecule has 0 radical (unpaired) electrons. The van der Waals surface area contributed by atoms with Crippen LogP contribution in [0, 0.1) is 0 Å². The fourth-order valence-corrected chi connectivity index (χ4v) is 3.75. The number of hydrogen-bond acceptors (Lipinski definition) is 7. The number of benzene rings is 2. The molecule has 3 N–H and O–H groups in total. The van der Waals surface area contributed by atoms with Crippen LogP contribution in [0.3, 0.4) is 0 Å². The van der Waals surface area contributed by atoms with E-state index in [1.807, 2.05) is 30.3 Å². The summed E-state index contributed by atoms with van der Waals surface area (Å²) in [5.74, 6) is 1.01. The monoisotopic (exact) mass is 434 g/mol. The smallest absolute Gasteiger partial charge is 0.229 e. The highest BCUT2D eigenvalue weighted by molar-refractivity contribution is 6.32. The third-order valence-corrected chi connectivity index (χ3v) is 5.72. The molecule has 1 aliphatic heterocycles. The van der Waals surface area contributed by atoms with Gasteiger partial charge in [-0.1, -0.05) is 11.6 Å². The molecule has 1 aliphatic rings. The lowest BCUT2D eigenvalue weighted by Crippen LogP contribution is -2.44. The Labute approximate surface area is 185 Å². The van der Waals surface area contributed by atoms with Crippen LogP contribution in [0.25, 0.3) is 10.9 Å². The molecule has 0 saturated carbocycles. The maximum atomic E-state index is 6.32. The van der Waals surface area contributed by atoms with E-state index in [2.05, 4.69) is 59.8 Å². The van der Waals surface area contributed by atoms with Gasteiger partial charge in [-0.2, -0.15) is 10.1 Å². The van der Waals surface area contributed by atoms with Crippen LogP contribution < -0.4 is 15.5 Å². The second kappa shape index (κ2) is 8.41. The van der Waals surface area contributed by atoms with Gasteiger partial charge in [-0.15, -0.1) is 0 Å². The second-order valence-corrected chi connectivity index (χ2v) is 8.06. The quantitative estimate of drug-likeness (QED) is 0.433. The summed E-state index contributed by atoms with van der Waals surface area (Å²) in [7, 11) is 2.16. The fourth-order valence-electron chi connectivity index (χ4n) is 3.62. The largest absolute Gasteiger partial charge is 0.369 e. The Balaban J connectivity index is 1.29. The Hall–Kier alpha value is -3.36. The first-order valence-corrected chi connectivity index (χ1v) is 10.6. The predicted molar refractivity (Wildman–Crippen MR) is 126 cm³/mol. The molecule has 1 saturated heterocycles. The predicted octanol–water partition coefficient (Wildman–Crippen LogP) is 4.25. The van der Waals surface area contributed by atoms with Crippen molar-refractivity contribution in [1.29, 1.82) is 0 Å². The Morgan fingerprint density at radius 2 is 1.71 bits per heavy atom. The van der Waals surface area contributed by atoms with Crippen LogP contribution in [0.15, 0.2) is 54.9 Å². The summed E-state index contributed by atoms with van der Waals surface area (Å²) in [5.41, 5.74) is 3.95. The summed E-state index contributed by atoms with van der Waals surface area (Å²) < 4.78 is 0. The molecule has 9 heteroatoms. The maximum absolute atomic E-state index is 6.32. The van der Waals surface area contributed by atoms with Crippen LogP contribution in [0.4, 0.5) is 28.8 Å². The molecule has 0 spiro atoms. The van der Waals surface area contributed by atoms with Gasteiger partial charge >= 0.3 is 0 Å². The second-order valence-electron chi connectivity index (χ2n) is 7.65. The summed E-state index contributed by atoms with van der Waals surface area (Å²) in [5, 5.41) is 15.0. The first kappa shape index (κ1) is 19.6. The molecule has 4 aromatic rings. The molecular formula is C22H23ClN8. The van der Waals surface area contributed by atoms with E-state index in [4.69, 9.17) is 11.6 Å². The molecule has 0 atom stereocenters. The van der Waals surface area contributed by atoms with Crippen molar-refractivity contribution in [3.05, 3.63) is 59.9 Å². The molecule has 0 amide bonds. The van der Waals surface area contributed by atoms with Gasteiger partial charge in [-0.25, -0.2) is 4.98 Å². The topological polar surface area (TPSA) is 85.0 Å². The third kappa shape index (κ3) is 4.40. The van der Waals surface area contributed by atoms with Gasteiger partial charge in [0.15, 0.2) is 5.82 Å². The van der Waals surface area contributed by atoms with E-state index in [9.17, 15) is 0 Å². The maximum Gasteiger partial charge on any atom is 0.229 e. The van der Waals surface area contributed by atoms with Gasteiger partial charge in [0.1, 0.15) is 5.02 Å². The van der Waals surface area contributed by atoms with E-state index in [1.54, 1.807) is 12.4 Å². The summed E-state index contributed by atoms with van der Waals surface area (Å²) in [6.07, 6.45) is 3.38. The van der Waals surface area contributed by atoms with Gasteiger partial charge in [0.2, 0.25) is 5.95 Å². The van der Waals surface area contributed by atoms with E-state index in [-0.39, 0.29) is 0 Å². The number of piperazine rings is 1. The van der Waals surface area contributed by atoms with Crippen LogP contribution in [0.2, 0.25) is 5.02 Å². The molecule has 0 bridgehead atoms. The third-order valence-electron chi connectivity index (χ3n) is 5.44. The number of nitrogens with one attached hydrogen (secondary N) is 3. The average molecular weight is 435 g/mol. The lowest BCUT2D eigenvalue weighted by Gasteiger charge is -2.34. The van der Waals surface area contributed by atoms with Crippen molar-refractivity contribution < 1.29 is 0 Å². The highest BCUT2D eigenvalue weighted by Crippen LogP contribution is 2.27. The van der Waals surface area contributed by atoms with Crippen LogP contribution in [0.5, 0.6) is 0 Å². The van der Waals surface area contributed by atoms with Gasteiger partial charge in [0.05, 0.1) is 17.9 Å². The van der Waals surface area contributed by atoms with E-state index >= 15 is 0 Å². The highest BCUT2D eigenvalue weighted by Gasteiger charge is 2.14. The number of hydrogen-bond donors (Lipinski definition) is 3. The molecule has 2 aromatic carbocycles. The van der Waals surface area contributed by atoms with E-state index in [1.165, 1.54) is 5.69 Å². The highest BCUT2D eigenvalue weighted by atomic mass is 35.5. The number of H-pyrrole nitrogens is 1. The van der Waals surface area contributed by atoms with Crippen molar-refractivity contribution in [3.63, 3.8) is 0 Å². The molecule has 31 heavy (non-hydrogen) atoms. The molecule has 158 valence electrons. The van der Waals surface area contributed by atoms with Gasteiger partial charge in [-0.05, 0) is 49.5 Å². The lowest BCUT2D eigenvalue weighted by atomic mass is 10.2. The minimum atomic E-state index is 0.445. The van der Waals surface area contributed by atoms with Gasteiger partial charge in [-0.3, -0.25) is 5.10 Å². The first-order chi connectivity index (χ1) is 15.1. The summed E-state index contributed by atoms with van der Waals surface area (Å²) >= 11 is 6.32. The summed E-state index contributed by atoms with van der Waals surface area (Å²) in [4.78, 5) is 13.6. The SMILES string of the molecule is CN1CCN(c2ccc(Nc3ncc(Cl)c(Nc4ccc5cn[nH]c5c4)n3)cc2)CC1. The number of nitrogens with zero attached hydrogens (tertiary/aromatic N) is 5. The minimum Gasteiger partial charge on any atom is -0.369 e. The molecule has 3 heterocycles. The molecule has 5 rings (SSSR count). The number of aromatic amines is 1. The molecule has 8 nitrogen and oxygen atoms in total. The van der Waals surface area contributed by atoms with Gasteiger partial charge in [0, 0.05) is 48.6 Å². The molecular weight excluding hydrogens is 412 g/mol. The normalized spacial score (nSPS) is 14.7. The summed E-state index contributed by atoms with van der Waals surface area (Å²) in [6, 6.07) is 14.3. The van der Waals surface area contributed by atoms with Crippen molar-refractivity contribution in [2.24, 2.45) is 0 Å². The Kier molecular flexibility index (Phi) is 5.31. The van der Waals surface area contributed by atoms with Gasteiger partial charge in [0.25, 0.3) is 0 Å². The van der Waals surface area contributed by atoms with Gasteiger partial charge < -0.3 is 20.4 Å². The van der Waals surface area contributed by atoms with Crippen molar-refractivity contribution in [1.82, 2.24) is 25.1 Å². The average Bonchev–Trinajstić information content (AvgIpc) is 3.25. The van der Waals surface area contributed by atoms with Crippen LogP contribution in [-0.2, 0) is 0 Å². The first-order valence-electron chi connectivity index (χ1n) is 10.2. The molecule has 0 aliphatic carbocycles. The zero-order valence-electron chi connectivity index (χ0n) is 17.1. The van der Waals surface area contributed by atoms with Crippen molar-refractivity contribution >= 4 is 51.3 Å². The fraction of sp³-hybridized carbons (Fsp3) is 0.227. The molecule has 1 fully saturated rings. The van der Waals surface area contributed by atoms with Crippen LogP contribution in [-0.4, -0.2) is 58.3 Å². The molecule has 2 aromatic heterocycles. The zero-order valence-corrected chi connectivity index (χ0v) is 17.9. The minimum absolute atomic E-state index is 0.445. The van der Waals surface area contributed by atoms with E-state index in [0.717, 1.165) is 48.5 Å². The Morgan fingerprint density at radius 3 is 2.52 bits per heavy atom. The van der Waals surface area contributed by atoms with Crippen LogP contribution >= 0.6 is 11.6 Å². The zero-order chi connectivity index (χ0) is 21.2. The number of anilines is 5.